The quantitative estimate of drug-likeness (QED) is 0.443. The molecule has 0 N–H and O–H groups in total. The monoisotopic (exact) mass is 224 g/mol. The molecule has 1 aromatic carbocycles. The lowest BCUT2D eigenvalue weighted by Gasteiger charge is -2.01. The second kappa shape index (κ2) is 4.05. The van der Waals surface area contributed by atoms with E-state index in [2.05, 4.69) is 0 Å². The van der Waals surface area contributed by atoms with Crippen LogP contribution < -0.4 is 0 Å². The Bertz CT molecular complexity index is 460. The van der Waals surface area contributed by atoms with E-state index in [1.165, 1.54) is 13.8 Å². The van der Waals surface area contributed by atoms with Crippen molar-refractivity contribution >= 4 is 17.2 Å². The van der Waals surface area contributed by atoms with Crippen LogP contribution in [-0.2, 0) is 0 Å². The molecule has 0 radical (unpaired) electrons. The Hall–Kier alpha value is -2.31. The molecule has 1 aromatic rings. The summed E-state index contributed by atoms with van der Waals surface area (Å²) < 4.78 is 0. The van der Waals surface area contributed by atoms with Crippen molar-refractivity contribution in [2.45, 2.75) is 13.8 Å². The molecule has 7 nitrogen and oxygen atoms in total. The van der Waals surface area contributed by atoms with Gasteiger partial charge in [0.05, 0.1) is 9.85 Å². The van der Waals surface area contributed by atoms with E-state index in [1.54, 1.807) is 0 Å². The molecular weight excluding hydrogens is 216 g/mol. The van der Waals surface area contributed by atoms with E-state index in [4.69, 9.17) is 0 Å². The van der Waals surface area contributed by atoms with E-state index < -0.39 is 27.0 Å². The van der Waals surface area contributed by atoms with E-state index >= 15 is 0 Å². The standard InChI is InChI=1S/C9H8N2O5/c1-5-8(10(13)14)3-7(6(2)12)4-9(5)11(15)16/h3-4H,1-2H3. The van der Waals surface area contributed by atoms with Crippen LogP contribution in [0.4, 0.5) is 11.4 Å². The normalized spacial score (nSPS) is 9.88. The summed E-state index contributed by atoms with van der Waals surface area (Å²) in [6, 6.07) is 2.09. The number of nitro groups is 2. The first-order valence-corrected chi connectivity index (χ1v) is 4.29. The second-order valence-electron chi connectivity index (χ2n) is 3.21. The van der Waals surface area contributed by atoms with Gasteiger partial charge in [0.2, 0.25) is 0 Å². The predicted octanol–water partition coefficient (Wildman–Crippen LogP) is 2.01. The van der Waals surface area contributed by atoms with Crippen LogP contribution in [0.5, 0.6) is 0 Å². The molecule has 0 saturated heterocycles. The van der Waals surface area contributed by atoms with E-state index in [9.17, 15) is 25.0 Å². The molecule has 0 atom stereocenters. The van der Waals surface area contributed by atoms with Crippen LogP contribution in [0.3, 0.4) is 0 Å². The van der Waals surface area contributed by atoms with Crippen molar-refractivity contribution in [3.63, 3.8) is 0 Å². The molecule has 0 bridgehead atoms. The van der Waals surface area contributed by atoms with Crippen molar-refractivity contribution in [2.75, 3.05) is 0 Å². The van der Waals surface area contributed by atoms with Crippen LogP contribution in [0.15, 0.2) is 12.1 Å². The van der Waals surface area contributed by atoms with Crippen LogP contribution in [0.1, 0.15) is 22.8 Å². The lowest BCUT2D eigenvalue weighted by molar-refractivity contribution is -0.395. The third-order valence-electron chi connectivity index (χ3n) is 2.15. The highest BCUT2D eigenvalue weighted by molar-refractivity contribution is 5.95. The van der Waals surface area contributed by atoms with E-state index in [0.717, 1.165) is 12.1 Å². The zero-order valence-electron chi connectivity index (χ0n) is 8.59. The Morgan fingerprint density at radius 3 is 1.75 bits per heavy atom. The first-order chi connectivity index (χ1) is 7.34. The summed E-state index contributed by atoms with van der Waals surface area (Å²) in [6.07, 6.45) is 0. The summed E-state index contributed by atoms with van der Waals surface area (Å²) in [4.78, 5) is 30.9. The zero-order chi connectivity index (χ0) is 12.5. The minimum absolute atomic E-state index is 0.0380. The Balaban J connectivity index is 3.57. The minimum atomic E-state index is -0.741. The summed E-state index contributed by atoms with van der Waals surface area (Å²) in [6.45, 7) is 2.47. The molecule has 1 rings (SSSR count). The van der Waals surface area contributed by atoms with Gasteiger partial charge in [-0.1, -0.05) is 0 Å². The SMILES string of the molecule is CC(=O)c1cc([N+](=O)[O-])c(C)c([N+](=O)[O-])c1. The fraction of sp³-hybridized carbons (Fsp3) is 0.222. The number of benzene rings is 1. The molecule has 0 unspecified atom stereocenters. The molecule has 16 heavy (non-hydrogen) atoms. The van der Waals surface area contributed by atoms with Crippen molar-refractivity contribution < 1.29 is 14.6 Å². The van der Waals surface area contributed by atoms with Crippen LogP contribution >= 0.6 is 0 Å². The van der Waals surface area contributed by atoms with Gasteiger partial charge in [0.25, 0.3) is 11.4 Å². The van der Waals surface area contributed by atoms with Gasteiger partial charge in [-0.05, 0) is 13.8 Å². The first-order valence-electron chi connectivity index (χ1n) is 4.29. The topological polar surface area (TPSA) is 103 Å². The van der Waals surface area contributed by atoms with Gasteiger partial charge in [0.1, 0.15) is 5.56 Å². The summed E-state index contributed by atoms with van der Waals surface area (Å²) in [7, 11) is 0. The van der Waals surface area contributed by atoms with Crippen molar-refractivity contribution in [1.82, 2.24) is 0 Å². The molecule has 0 spiro atoms. The number of rotatable bonds is 3. The van der Waals surface area contributed by atoms with E-state index in [-0.39, 0.29) is 11.1 Å². The Morgan fingerprint density at radius 1 is 1.12 bits per heavy atom. The lowest BCUT2D eigenvalue weighted by atomic mass is 10.1. The number of hydrogen-bond donors (Lipinski definition) is 0. The average Bonchev–Trinajstić information content (AvgIpc) is 2.16. The maximum atomic E-state index is 11.1. The number of nitrogens with zero attached hydrogens (tertiary/aromatic N) is 2. The molecule has 0 fully saturated rings. The molecule has 7 heteroatoms. The fourth-order valence-corrected chi connectivity index (χ4v) is 1.27. The number of carbonyl (C=O) groups is 1. The Morgan fingerprint density at radius 2 is 1.50 bits per heavy atom. The van der Waals surface area contributed by atoms with E-state index in [1.807, 2.05) is 0 Å². The van der Waals surface area contributed by atoms with Crippen LogP contribution in [0.2, 0.25) is 0 Å². The van der Waals surface area contributed by atoms with Gasteiger partial charge in [0.15, 0.2) is 5.78 Å². The predicted molar refractivity (Wildman–Crippen MR) is 54.5 cm³/mol. The fourth-order valence-electron chi connectivity index (χ4n) is 1.27. The Kier molecular flexibility index (Phi) is 2.98. The maximum Gasteiger partial charge on any atom is 0.279 e. The van der Waals surface area contributed by atoms with Gasteiger partial charge in [0, 0.05) is 17.7 Å². The Labute approximate surface area is 90.0 Å². The van der Waals surface area contributed by atoms with Gasteiger partial charge in [-0.25, -0.2) is 0 Å². The molecular formula is C9H8N2O5. The van der Waals surface area contributed by atoms with Crippen LogP contribution in [0.25, 0.3) is 0 Å². The minimum Gasteiger partial charge on any atom is -0.295 e. The number of hydrogen-bond acceptors (Lipinski definition) is 5. The third kappa shape index (κ3) is 2.02. The zero-order valence-corrected chi connectivity index (χ0v) is 8.59. The molecule has 0 aliphatic heterocycles. The number of Topliss-reactive ketones (excluding diaryl/α,β-unsaturated/α-hetero) is 1. The highest BCUT2D eigenvalue weighted by atomic mass is 16.6. The average molecular weight is 224 g/mol. The van der Waals surface area contributed by atoms with Crippen molar-refractivity contribution in [3.8, 4) is 0 Å². The van der Waals surface area contributed by atoms with Crippen LogP contribution in [0, 0.1) is 27.2 Å². The van der Waals surface area contributed by atoms with Crippen molar-refractivity contribution in [2.24, 2.45) is 0 Å². The number of carbonyl (C=O) groups excluding carboxylic acids is 1. The highest BCUT2D eigenvalue weighted by Gasteiger charge is 2.24. The van der Waals surface area contributed by atoms with Crippen molar-refractivity contribution in [1.29, 1.82) is 0 Å². The summed E-state index contributed by atoms with van der Waals surface area (Å²) in [5, 5.41) is 21.3. The van der Waals surface area contributed by atoms with Gasteiger partial charge in [-0.3, -0.25) is 25.0 Å². The molecule has 0 amide bonds. The molecule has 0 aromatic heterocycles. The maximum absolute atomic E-state index is 11.1. The molecule has 0 aliphatic carbocycles. The van der Waals surface area contributed by atoms with E-state index in [0.29, 0.717) is 0 Å². The van der Waals surface area contributed by atoms with Gasteiger partial charge < -0.3 is 0 Å². The first kappa shape index (κ1) is 11.8. The molecule has 0 saturated carbocycles. The smallest absolute Gasteiger partial charge is 0.279 e. The van der Waals surface area contributed by atoms with Gasteiger partial charge >= 0.3 is 0 Å². The van der Waals surface area contributed by atoms with Crippen molar-refractivity contribution in [3.05, 3.63) is 43.5 Å². The summed E-state index contributed by atoms with van der Waals surface area (Å²) in [5.41, 5.74) is -0.928. The molecule has 0 heterocycles. The third-order valence-corrected chi connectivity index (χ3v) is 2.15. The molecule has 84 valence electrons. The summed E-state index contributed by atoms with van der Waals surface area (Å²) >= 11 is 0. The van der Waals surface area contributed by atoms with Gasteiger partial charge in [-0.15, -0.1) is 0 Å². The lowest BCUT2D eigenvalue weighted by Crippen LogP contribution is -2.02. The van der Waals surface area contributed by atoms with Crippen LogP contribution in [-0.4, -0.2) is 15.6 Å². The molecule has 0 aliphatic rings. The number of ketones is 1. The van der Waals surface area contributed by atoms with Gasteiger partial charge in [-0.2, -0.15) is 0 Å². The number of nitro benzene ring substituents is 2. The second-order valence-corrected chi connectivity index (χ2v) is 3.21. The summed E-state index contributed by atoms with van der Waals surface area (Å²) in [5.74, 6) is -0.453. The largest absolute Gasteiger partial charge is 0.295 e. The highest BCUT2D eigenvalue weighted by Crippen LogP contribution is 2.29.